The Balaban J connectivity index is 1.28. The maximum Gasteiger partial charge on any atom is 0.145 e. The van der Waals surface area contributed by atoms with Gasteiger partial charge in [-0.3, -0.25) is 0 Å². The van der Waals surface area contributed by atoms with Crippen molar-refractivity contribution < 1.29 is 9.26 Å². The minimum atomic E-state index is 0.205. The molecule has 4 nitrogen and oxygen atoms in total. The molecule has 1 atom stereocenters. The van der Waals surface area contributed by atoms with Crippen molar-refractivity contribution in [3.63, 3.8) is 0 Å². The van der Waals surface area contributed by atoms with Crippen LogP contribution in [0.4, 0.5) is 5.69 Å². The number of anilines is 1. The summed E-state index contributed by atoms with van der Waals surface area (Å²) in [4.78, 5) is 2.48. The van der Waals surface area contributed by atoms with Crippen molar-refractivity contribution in [3.8, 4) is 11.3 Å². The van der Waals surface area contributed by atoms with E-state index < -0.39 is 0 Å². The van der Waals surface area contributed by atoms with Gasteiger partial charge < -0.3 is 14.2 Å². The van der Waals surface area contributed by atoms with Gasteiger partial charge in [0.2, 0.25) is 0 Å². The number of halogens is 2. The first-order valence-corrected chi connectivity index (χ1v) is 13.2. The molecule has 1 saturated heterocycles. The van der Waals surface area contributed by atoms with Crippen molar-refractivity contribution in [2.24, 2.45) is 0 Å². The molecule has 180 valence electrons. The van der Waals surface area contributed by atoms with E-state index >= 15 is 0 Å². The summed E-state index contributed by atoms with van der Waals surface area (Å²) in [7, 11) is 0. The molecule has 0 bridgehead atoms. The number of rotatable bonds is 7. The Kier molecular flexibility index (Phi) is 7.19. The monoisotopic (exact) mass is 498 g/mol. The molecule has 0 spiro atoms. The van der Waals surface area contributed by atoms with Crippen LogP contribution in [0.15, 0.2) is 47.0 Å². The van der Waals surface area contributed by atoms with Gasteiger partial charge in [-0.25, -0.2) is 0 Å². The minimum absolute atomic E-state index is 0.205. The second-order valence-electron chi connectivity index (χ2n) is 9.84. The van der Waals surface area contributed by atoms with Crippen LogP contribution >= 0.6 is 23.2 Å². The molecule has 2 fully saturated rings. The summed E-state index contributed by atoms with van der Waals surface area (Å²) in [6, 6.07) is 14.6. The van der Waals surface area contributed by atoms with Crippen LogP contribution in [-0.2, 0) is 11.3 Å². The Labute approximate surface area is 212 Å². The molecule has 34 heavy (non-hydrogen) atoms. The molecule has 0 amide bonds. The highest BCUT2D eigenvalue weighted by atomic mass is 35.5. The summed E-state index contributed by atoms with van der Waals surface area (Å²) < 4.78 is 12.3. The number of nitrogens with zero attached hydrogens (tertiary/aromatic N) is 2. The second kappa shape index (κ2) is 10.3. The summed E-state index contributed by atoms with van der Waals surface area (Å²) in [5.41, 5.74) is 5.14. The van der Waals surface area contributed by atoms with Gasteiger partial charge in [-0.2, -0.15) is 0 Å². The largest absolute Gasteiger partial charge is 0.373 e. The van der Waals surface area contributed by atoms with E-state index in [4.69, 9.17) is 32.5 Å². The van der Waals surface area contributed by atoms with Crippen molar-refractivity contribution in [2.75, 3.05) is 18.0 Å². The molecule has 0 N–H and O–H groups in total. The van der Waals surface area contributed by atoms with Crippen molar-refractivity contribution in [1.29, 1.82) is 0 Å². The Morgan fingerprint density at radius 2 is 1.74 bits per heavy atom. The third-order valence-corrected chi connectivity index (χ3v) is 7.66. The van der Waals surface area contributed by atoms with Crippen molar-refractivity contribution in [2.45, 2.75) is 70.5 Å². The Bertz CT molecular complexity index is 1100. The lowest BCUT2D eigenvalue weighted by molar-refractivity contribution is 0.0328. The van der Waals surface area contributed by atoms with E-state index in [9.17, 15) is 0 Å². The molecular weight excluding hydrogens is 467 g/mol. The van der Waals surface area contributed by atoms with E-state index in [0.717, 1.165) is 67.8 Å². The Hall–Kier alpha value is -2.01. The molecule has 1 saturated carbocycles. The maximum atomic E-state index is 6.50. The van der Waals surface area contributed by atoms with Gasteiger partial charge in [0.05, 0.1) is 22.8 Å². The molecule has 1 unspecified atom stereocenters. The normalized spacial score (nSPS) is 19.0. The van der Waals surface area contributed by atoms with Gasteiger partial charge in [-0.05, 0) is 67.9 Å². The minimum Gasteiger partial charge on any atom is -0.373 e. The van der Waals surface area contributed by atoms with Crippen molar-refractivity contribution in [1.82, 2.24) is 5.16 Å². The third kappa shape index (κ3) is 5.15. The fourth-order valence-corrected chi connectivity index (χ4v) is 5.39. The Morgan fingerprint density at radius 1 is 1.00 bits per heavy atom. The number of aromatic nitrogens is 1. The van der Waals surface area contributed by atoms with E-state index in [2.05, 4.69) is 48.2 Å². The molecular formula is C28H32Cl2N2O2. The third-order valence-electron chi connectivity index (χ3n) is 7.03. The summed E-state index contributed by atoms with van der Waals surface area (Å²) in [6.45, 7) is 6.99. The van der Waals surface area contributed by atoms with E-state index in [1.807, 2.05) is 18.2 Å². The Morgan fingerprint density at radius 3 is 2.41 bits per heavy atom. The SMILES string of the molecule is CC(C)c1ccc(N2CCCC(OCc3c(-c4c(Cl)cccc4Cl)noc3C3CC3)CC2)cc1. The van der Waals surface area contributed by atoms with E-state index in [1.54, 1.807) is 0 Å². The van der Waals surface area contributed by atoms with Gasteiger partial charge in [0.15, 0.2) is 0 Å². The summed E-state index contributed by atoms with van der Waals surface area (Å²) in [5, 5.41) is 5.55. The summed E-state index contributed by atoms with van der Waals surface area (Å²) >= 11 is 13.0. The fraction of sp³-hybridized carbons (Fsp3) is 0.464. The van der Waals surface area contributed by atoms with Crippen LogP contribution in [0.1, 0.15) is 74.7 Å². The zero-order valence-corrected chi connectivity index (χ0v) is 21.4. The quantitative estimate of drug-likeness (QED) is 0.328. The molecule has 5 rings (SSSR count). The lowest BCUT2D eigenvalue weighted by Gasteiger charge is -2.23. The van der Waals surface area contributed by atoms with Crippen LogP contribution in [0.2, 0.25) is 10.0 Å². The number of ether oxygens (including phenoxy) is 1. The van der Waals surface area contributed by atoms with Crippen LogP contribution in [0.3, 0.4) is 0 Å². The predicted octanol–water partition coefficient (Wildman–Crippen LogP) is 8.22. The van der Waals surface area contributed by atoms with Crippen LogP contribution < -0.4 is 4.90 Å². The number of hydrogen-bond donors (Lipinski definition) is 0. The summed E-state index contributed by atoms with van der Waals surface area (Å²) in [6.07, 6.45) is 5.62. The molecule has 1 aliphatic carbocycles. The van der Waals surface area contributed by atoms with Crippen LogP contribution in [-0.4, -0.2) is 24.4 Å². The van der Waals surface area contributed by atoms with Gasteiger partial charge in [-0.15, -0.1) is 0 Å². The molecule has 2 heterocycles. The molecule has 6 heteroatoms. The smallest absolute Gasteiger partial charge is 0.145 e. The maximum absolute atomic E-state index is 6.50. The average molecular weight is 499 g/mol. The van der Waals surface area contributed by atoms with Gasteiger partial charge in [0, 0.05) is 35.8 Å². The first kappa shape index (κ1) is 23.7. The summed E-state index contributed by atoms with van der Waals surface area (Å²) in [5.74, 6) is 1.92. The first-order chi connectivity index (χ1) is 16.5. The highest BCUT2D eigenvalue weighted by Crippen LogP contribution is 2.46. The zero-order valence-electron chi connectivity index (χ0n) is 19.9. The van der Waals surface area contributed by atoms with Crippen LogP contribution in [0.25, 0.3) is 11.3 Å². The van der Waals surface area contributed by atoms with Gasteiger partial charge in [-0.1, -0.05) is 60.4 Å². The predicted molar refractivity (Wildman–Crippen MR) is 139 cm³/mol. The van der Waals surface area contributed by atoms with Crippen molar-refractivity contribution in [3.05, 3.63) is 69.4 Å². The van der Waals surface area contributed by atoms with Gasteiger partial charge >= 0.3 is 0 Å². The standard InChI is InChI=1S/C28H32Cl2N2O2/c1-18(2)19-10-12-21(13-11-19)32-15-4-5-22(14-16-32)33-17-23-27(31-34-28(23)20-8-9-20)26-24(29)6-3-7-25(26)30/h3,6-7,10-13,18,20,22H,4-5,8-9,14-17H2,1-2H3. The second-order valence-corrected chi connectivity index (χ2v) is 10.7. The number of hydrogen-bond acceptors (Lipinski definition) is 4. The average Bonchev–Trinajstić information content (AvgIpc) is 3.63. The van der Waals surface area contributed by atoms with Gasteiger partial charge in [0.1, 0.15) is 11.5 Å². The van der Waals surface area contributed by atoms with E-state index in [0.29, 0.717) is 28.5 Å². The van der Waals surface area contributed by atoms with E-state index in [1.165, 1.54) is 11.3 Å². The molecule has 2 aliphatic rings. The number of benzene rings is 2. The van der Waals surface area contributed by atoms with Gasteiger partial charge in [0.25, 0.3) is 0 Å². The highest BCUT2D eigenvalue weighted by molar-refractivity contribution is 6.39. The molecule has 3 aromatic rings. The van der Waals surface area contributed by atoms with E-state index in [-0.39, 0.29) is 6.10 Å². The molecule has 1 aliphatic heterocycles. The highest BCUT2D eigenvalue weighted by Gasteiger charge is 2.34. The van der Waals surface area contributed by atoms with Crippen LogP contribution in [0, 0.1) is 0 Å². The lowest BCUT2D eigenvalue weighted by Crippen LogP contribution is -2.25. The molecule has 2 aromatic carbocycles. The van der Waals surface area contributed by atoms with Crippen molar-refractivity contribution >= 4 is 28.9 Å². The van der Waals surface area contributed by atoms with Crippen LogP contribution in [0.5, 0.6) is 0 Å². The molecule has 0 radical (unpaired) electrons. The topological polar surface area (TPSA) is 38.5 Å². The lowest BCUT2D eigenvalue weighted by atomic mass is 10.0. The fourth-order valence-electron chi connectivity index (χ4n) is 4.81. The molecule has 1 aromatic heterocycles. The zero-order chi connectivity index (χ0) is 23.7. The first-order valence-electron chi connectivity index (χ1n) is 12.4.